The Morgan fingerprint density at radius 3 is 2.86 bits per heavy atom. The fourth-order valence-corrected chi connectivity index (χ4v) is 4.68. The second-order valence-electron chi connectivity index (χ2n) is 7.99. The van der Waals surface area contributed by atoms with Gasteiger partial charge in [0, 0.05) is 60.5 Å². The highest BCUT2D eigenvalue weighted by Gasteiger charge is 2.44. The van der Waals surface area contributed by atoms with E-state index in [0.717, 1.165) is 53.4 Å². The molecule has 0 amide bonds. The predicted octanol–water partition coefficient (Wildman–Crippen LogP) is 3.34. The van der Waals surface area contributed by atoms with Crippen molar-refractivity contribution in [1.82, 2.24) is 25.1 Å². The van der Waals surface area contributed by atoms with Gasteiger partial charge in [-0.25, -0.2) is 4.98 Å². The number of nitrogens with one attached hydrogen (secondary N) is 3. The van der Waals surface area contributed by atoms with Crippen molar-refractivity contribution in [3.8, 4) is 6.07 Å². The Kier molecular flexibility index (Phi) is 4.52. The van der Waals surface area contributed by atoms with Gasteiger partial charge in [0.2, 0.25) is 0 Å². The standard InChI is InChI=1S/C21H24N8/c1-13-8-20(28-27-13)25-19-12-18-17(4-2-6-23-18)21(26-19)24-14-9-15-11-16(10-14)29(15)7-3-5-22/h2,4,6,8,12,14-16H,3,7,9-11H2,1H3,(H3,24,25,26,27,28)/t14-,15+,16-. The summed E-state index contributed by atoms with van der Waals surface area (Å²) >= 11 is 0. The average Bonchev–Trinajstić information content (AvgIpc) is 3.13. The van der Waals surface area contributed by atoms with Crippen LogP contribution in [-0.4, -0.2) is 49.7 Å². The smallest absolute Gasteiger partial charge is 0.153 e. The lowest BCUT2D eigenvalue weighted by Gasteiger charge is -2.55. The number of nitriles is 1. The fourth-order valence-electron chi connectivity index (χ4n) is 4.68. The molecule has 2 saturated heterocycles. The maximum absolute atomic E-state index is 8.86. The Balaban J connectivity index is 1.36. The van der Waals surface area contributed by atoms with Crippen LogP contribution in [0, 0.1) is 18.3 Å². The highest BCUT2D eigenvalue weighted by atomic mass is 15.3. The van der Waals surface area contributed by atoms with Crippen molar-refractivity contribution in [2.45, 2.75) is 50.7 Å². The Labute approximate surface area is 169 Å². The lowest BCUT2D eigenvalue weighted by atomic mass is 9.76. The SMILES string of the molecule is Cc1cc(Nc2cc3ncccc3c(N[C@H]3C[C@@H]4C[C@H](C3)N4CCC#N)n2)n[nH]1. The van der Waals surface area contributed by atoms with Gasteiger partial charge in [0.05, 0.1) is 11.6 Å². The van der Waals surface area contributed by atoms with E-state index >= 15 is 0 Å². The molecular weight excluding hydrogens is 364 g/mol. The number of rotatable bonds is 6. The number of aryl methyl sites for hydroxylation is 1. The average molecular weight is 388 g/mol. The number of aromatic nitrogens is 4. The summed E-state index contributed by atoms with van der Waals surface area (Å²) < 4.78 is 0. The van der Waals surface area contributed by atoms with Crippen LogP contribution in [0.5, 0.6) is 0 Å². The van der Waals surface area contributed by atoms with E-state index in [0.29, 0.717) is 24.5 Å². The molecule has 0 radical (unpaired) electrons. The minimum Gasteiger partial charge on any atom is -0.367 e. The second kappa shape index (κ2) is 7.33. The van der Waals surface area contributed by atoms with E-state index < -0.39 is 0 Å². The Morgan fingerprint density at radius 2 is 2.10 bits per heavy atom. The molecule has 8 heteroatoms. The molecular formula is C21H24N8. The molecule has 3 atom stereocenters. The summed E-state index contributed by atoms with van der Waals surface area (Å²) in [5, 5.41) is 24.0. The van der Waals surface area contributed by atoms with Crippen LogP contribution in [0.15, 0.2) is 30.5 Å². The lowest BCUT2D eigenvalue weighted by molar-refractivity contribution is -0.0299. The van der Waals surface area contributed by atoms with E-state index in [9.17, 15) is 0 Å². The third-order valence-corrected chi connectivity index (χ3v) is 5.98. The van der Waals surface area contributed by atoms with E-state index in [2.05, 4.69) is 42.9 Å². The van der Waals surface area contributed by atoms with Gasteiger partial charge in [0.25, 0.3) is 0 Å². The number of hydrogen-bond donors (Lipinski definition) is 3. The zero-order valence-electron chi connectivity index (χ0n) is 16.4. The largest absolute Gasteiger partial charge is 0.367 e. The van der Waals surface area contributed by atoms with Crippen LogP contribution in [0.25, 0.3) is 10.9 Å². The first kappa shape index (κ1) is 17.9. The van der Waals surface area contributed by atoms with Crippen LogP contribution < -0.4 is 10.6 Å². The Morgan fingerprint density at radius 1 is 1.24 bits per heavy atom. The first-order chi connectivity index (χ1) is 14.2. The Bertz CT molecular complexity index is 1060. The van der Waals surface area contributed by atoms with Gasteiger partial charge in [-0.15, -0.1) is 0 Å². The Hall–Kier alpha value is -3.18. The molecule has 5 heterocycles. The fraction of sp³-hybridized carbons (Fsp3) is 0.429. The maximum Gasteiger partial charge on any atom is 0.153 e. The number of nitrogens with zero attached hydrogens (tertiary/aromatic N) is 5. The molecule has 3 N–H and O–H groups in total. The molecule has 3 aromatic rings. The van der Waals surface area contributed by atoms with Crippen LogP contribution in [0.4, 0.5) is 17.5 Å². The zero-order valence-corrected chi connectivity index (χ0v) is 16.4. The van der Waals surface area contributed by atoms with Crippen molar-refractivity contribution in [2.24, 2.45) is 0 Å². The van der Waals surface area contributed by atoms with Gasteiger partial charge in [0.15, 0.2) is 5.82 Å². The number of anilines is 3. The van der Waals surface area contributed by atoms with Crippen molar-refractivity contribution in [3.63, 3.8) is 0 Å². The van der Waals surface area contributed by atoms with Crippen LogP contribution >= 0.6 is 0 Å². The molecule has 3 aromatic heterocycles. The van der Waals surface area contributed by atoms with Crippen molar-refractivity contribution in [2.75, 3.05) is 17.2 Å². The molecule has 0 unspecified atom stereocenters. The number of aromatic amines is 1. The van der Waals surface area contributed by atoms with Gasteiger partial charge < -0.3 is 10.6 Å². The monoisotopic (exact) mass is 388 g/mol. The van der Waals surface area contributed by atoms with Crippen LogP contribution in [-0.2, 0) is 0 Å². The molecule has 3 fully saturated rings. The summed E-state index contributed by atoms with van der Waals surface area (Å²) in [5.41, 5.74) is 1.89. The van der Waals surface area contributed by atoms with Crippen LogP contribution in [0.1, 0.15) is 31.4 Å². The summed E-state index contributed by atoms with van der Waals surface area (Å²) in [7, 11) is 0. The topological polar surface area (TPSA) is 106 Å². The first-order valence-electron chi connectivity index (χ1n) is 10.1. The third-order valence-electron chi connectivity index (χ3n) is 5.98. The number of pyridine rings is 2. The lowest BCUT2D eigenvalue weighted by Crippen LogP contribution is -2.63. The predicted molar refractivity (Wildman–Crippen MR) is 112 cm³/mol. The van der Waals surface area contributed by atoms with Gasteiger partial charge in [0.1, 0.15) is 11.6 Å². The first-order valence-corrected chi connectivity index (χ1v) is 10.1. The van der Waals surface area contributed by atoms with Gasteiger partial charge in [-0.2, -0.15) is 10.4 Å². The molecule has 2 aliphatic heterocycles. The van der Waals surface area contributed by atoms with Crippen LogP contribution in [0.2, 0.25) is 0 Å². The highest BCUT2D eigenvalue weighted by Crippen LogP contribution is 2.39. The normalized spacial score (nSPS) is 23.4. The molecule has 1 aliphatic carbocycles. The van der Waals surface area contributed by atoms with Crippen LogP contribution in [0.3, 0.4) is 0 Å². The van der Waals surface area contributed by atoms with E-state index in [-0.39, 0.29) is 0 Å². The van der Waals surface area contributed by atoms with Gasteiger partial charge >= 0.3 is 0 Å². The molecule has 0 spiro atoms. The number of piperidine rings is 1. The molecule has 0 aromatic carbocycles. The molecule has 148 valence electrons. The van der Waals surface area contributed by atoms with Crippen molar-refractivity contribution in [1.29, 1.82) is 5.26 Å². The molecule has 2 bridgehead atoms. The maximum atomic E-state index is 8.86. The van der Waals surface area contributed by atoms with E-state index in [1.165, 1.54) is 6.42 Å². The van der Waals surface area contributed by atoms with Gasteiger partial charge in [-0.05, 0) is 38.3 Å². The summed E-state index contributed by atoms with van der Waals surface area (Å²) in [6.45, 7) is 2.86. The number of H-pyrrole nitrogens is 1. The van der Waals surface area contributed by atoms with Gasteiger partial charge in [-0.1, -0.05) is 0 Å². The molecule has 8 nitrogen and oxygen atoms in total. The summed E-state index contributed by atoms with van der Waals surface area (Å²) in [6.07, 6.45) is 5.84. The minimum atomic E-state index is 0.385. The quantitative estimate of drug-likeness (QED) is 0.595. The molecule has 29 heavy (non-hydrogen) atoms. The van der Waals surface area contributed by atoms with Gasteiger partial charge in [-0.3, -0.25) is 15.0 Å². The van der Waals surface area contributed by atoms with Crippen molar-refractivity contribution in [3.05, 3.63) is 36.2 Å². The van der Waals surface area contributed by atoms with Crippen molar-refractivity contribution < 1.29 is 0 Å². The second-order valence-corrected chi connectivity index (χ2v) is 7.99. The van der Waals surface area contributed by atoms with Crippen molar-refractivity contribution >= 4 is 28.4 Å². The summed E-state index contributed by atoms with van der Waals surface area (Å²) in [4.78, 5) is 11.9. The highest BCUT2D eigenvalue weighted by molar-refractivity contribution is 5.91. The third kappa shape index (κ3) is 3.49. The zero-order chi connectivity index (χ0) is 19.8. The minimum absolute atomic E-state index is 0.385. The molecule has 3 aliphatic rings. The summed E-state index contributed by atoms with van der Waals surface area (Å²) in [5.74, 6) is 2.32. The molecule has 6 rings (SSSR count). The number of fused-ring (bicyclic) bond motifs is 3. The summed E-state index contributed by atoms with van der Waals surface area (Å²) in [6, 6.07) is 11.7. The van der Waals surface area contributed by atoms with E-state index in [1.807, 2.05) is 25.1 Å². The van der Waals surface area contributed by atoms with E-state index in [4.69, 9.17) is 10.2 Å². The number of hydrogen-bond acceptors (Lipinski definition) is 7. The molecule has 1 saturated carbocycles. The van der Waals surface area contributed by atoms with E-state index in [1.54, 1.807) is 6.20 Å².